The molecular weight excluding hydrogens is 791 g/mol. The van der Waals surface area contributed by atoms with Gasteiger partial charge in [-0.05, 0) is 134 Å². The summed E-state index contributed by atoms with van der Waals surface area (Å²) in [4.78, 5) is 10.6. The SMILES string of the molecule is CCCCCCc1cc(-c2sc(-c3sc(-c4sccc4CCCCCC)cc3CCCCCC)cc2CCCCCC)sc1-c1ccc2c(c1)c1ccccc1n2CC. The molecule has 5 heterocycles. The Morgan fingerprint density at radius 3 is 1.42 bits per heavy atom. The molecule has 0 atom stereocenters. The van der Waals surface area contributed by atoms with Crippen molar-refractivity contribution < 1.29 is 0 Å². The van der Waals surface area contributed by atoms with Crippen molar-refractivity contribution in [3.05, 3.63) is 94.4 Å². The number of unbranched alkanes of at least 4 members (excludes halogenated alkanes) is 12. The van der Waals surface area contributed by atoms with Gasteiger partial charge >= 0.3 is 0 Å². The van der Waals surface area contributed by atoms with Crippen LogP contribution in [-0.4, -0.2) is 4.57 Å². The summed E-state index contributed by atoms with van der Waals surface area (Å²) in [7, 11) is 0. The van der Waals surface area contributed by atoms with Crippen molar-refractivity contribution in [3.8, 4) is 39.7 Å². The van der Waals surface area contributed by atoms with Crippen LogP contribution in [-0.2, 0) is 32.2 Å². The summed E-state index contributed by atoms with van der Waals surface area (Å²) in [6, 6.07) is 26.6. The maximum Gasteiger partial charge on any atom is 0.0491 e. The highest BCUT2D eigenvalue weighted by Crippen LogP contribution is 2.50. The summed E-state index contributed by atoms with van der Waals surface area (Å²) < 4.78 is 2.48. The Labute approximate surface area is 372 Å². The number of para-hydroxylation sites is 1. The van der Waals surface area contributed by atoms with Crippen molar-refractivity contribution in [3.63, 3.8) is 0 Å². The van der Waals surface area contributed by atoms with E-state index >= 15 is 0 Å². The Morgan fingerprint density at radius 2 is 0.881 bits per heavy atom. The third kappa shape index (κ3) is 10.6. The Balaban J connectivity index is 1.30. The molecule has 0 amide bonds. The Hall–Kier alpha value is -2.96. The van der Waals surface area contributed by atoms with E-state index in [9.17, 15) is 0 Å². The first-order valence-corrected chi connectivity index (χ1v) is 26.9. The molecule has 59 heavy (non-hydrogen) atoms. The quantitative estimate of drug-likeness (QED) is 0.0505. The van der Waals surface area contributed by atoms with Gasteiger partial charge in [0.25, 0.3) is 0 Å². The zero-order chi connectivity index (χ0) is 41.0. The molecule has 0 saturated heterocycles. The van der Waals surface area contributed by atoms with E-state index < -0.39 is 0 Å². The highest BCUT2D eigenvalue weighted by Gasteiger charge is 2.23. The molecule has 0 radical (unpaired) electrons. The van der Waals surface area contributed by atoms with Gasteiger partial charge in [0.05, 0.1) is 0 Å². The topological polar surface area (TPSA) is 4.93 Å². The summed E-state index contributed by atoms with van der Waals surface area (Å²) in [5.74, 6) is 0. The summed E-state index contributed by atoms with van der Waals surface area (Å²) in [6.07, 6.45) is 25.6. The Morgan fingerprint density at radius 1 is 0.407 bits per heavy atom. The van der Waals surface area contributed by atoms with Crippen LogP contribution < -0.4 is 0 Å². The van der Waals surface area contributed by atoms with Gasteiger partial charge < -0.3 is 4.57 Å². The molecular formula is C54H69NS4. The molecule has 0 N–H and O–H groups in total. The summed E-state index contributed by atoms with van der Waals surface area (Å²) >= 11 is 8.23. The Bertz CT molecular complexity index is 2350. The number of rotatable bonds is 25. The van der Waals surface area contributed by atoms with Gasteiger partial charge in [-0.15, -0.1) is 45.3 Å². The van der Waals surface area contributed by atoms with E-state index in [1.54, 1.807) is 27.1 Å². The van der Waals surface area contributed by atoms with Gasteiger partial charge in [0.2, 0.25) is 0 Å². The lowest BCUT2D eigenvalue weighted by Crippen LogP contribution is -1.92. The van der Waals surface area contributed by atoms with Crippen LogP contribution in [0.4, 0.5) is 0 Å². The molecule has 1 nitrogen and oxygen atoms in total. The summed E-state index contributed by atoms with van der Waals surface area (Å²) in [5.41, 5.74) is 10.4. The van der Waals surface area contributed by atoms with Crippen molar-refractivity contribution in [1.29, 1.82) is 0 Å². The van der Waals surface area contributed by atoms with Crippen LogP contribution in [0.1, 0.15) is 160 Å². The predicted molar refractivity (Wildman–Crippen MR) is 270 cm³/mol. The van der Waals surface area contributed by atoms with Gasteiger partial charge in [-0.3, -0.25) is 0 Å². The van der Waals surface area contributed by atoms with Crippen LogP contribution in [0, 0.1) is 0 Å². The van der Waals surface area contributed by atoms with Gasteiger partial charge in [-0.25, -0.2) is 0 Å². The van der Waals surface area contributed by atoms with Crippen molar-refractivity contribution in [2.75, 3.05) is 0 Å². The molecule has 314 valence electrons. The molecule has 0 aliphatic rings. The normalized spacial score (nSPS) is 11.9. The number of aryl methyl sites for hydroxylation is 5. The van der Waals surface area contributed by atoms with E-state index in [4.69, 9.17) is 0 Å². The monoisotopic (exact) mass is 859 g/mol. The lowest BCUT2D eigenvalue weighted by Gasteiger charge is -2.06. The first kappa shape index (κ1) is 44.1. The minimum absolute atomic E-state index is 0.983. The molecule has 0 fully saturated rings. The van der Waals surface area contributed by atoms with E-state index in [1.165, 1.54) is 179 Å². The largest absolute Gasteiger partial charge is 0.341 e. The van der Waals surface area contributed by atoms with E-state index in [0.717, 1.165) is 13.0 Å². The molecule has 0 spiro atoms. The van der Waals surface area contributed by atoms with Gasteiger partial charge in [-0.2, -0.15) is 0 Å². The maximum atomic E-state index is 2.64. The van der Waals surface area contributed by atoms with Crippen LogP contribution >= 0.6 is 45.3 Å². The third-order valence-corrected chi connectivity index (χ3v) is 17.5. The molecule has 0 unspecified atom stereocenters. The minimum atomic E-state index is 0.983. The number of fused-ring (bicyclic) bond motifs is 3. The molecule has 5 aromatic heterocycles. The first-order chi connectivity index (χ1) is 29.1. The summed E-state index contributed by atoms with van der Waals surface area (Å²) in [5, 5.41) is 5.10. The van der Waals surface area contributed by atoms with E-state index in [2.05, 4.69) is 145 Å². The van der Waals surface area contributed by atoms with Gasteiger partial charge in [-0.1, -0.05) is 129 Å². The second-order valence-corrected chi connectivity index (χ2v) is 21.0. The molecule has 7 aromatic rings. The Kier molecular flexibility index (Phi) is 16.6. The fourth-order valence-corrected chi connectivity index (χ4v) is 14.1. The number of hydrogen-bond donors (Lipinski definition) is 0. The zero-order valence-electron chi connectivity index (χ0n) is 36.9. The second kappa shape index (κ2) is 22.2. The molecule has 0 bridgehead atoms. The van der Waals surface area contributed by atoms with Gasteiger partial charge in [0.15, 0.2) is 0 Å². The molecule has 0 aliphatic heterocycles. The van der Waals surface area contributed by atoms with Crippen LogP contribution in [0.15, 0.2) is 72.1 Å². The number of hydrogen-bond acceptors (Lipinski definition) is 4. The molecule has 0 aliphatic carbocycles. The third-order valence-electron chi connectivity index (χ3n) is 12.4. The smallest absolute Gasteiger partial charge is 0.0491 e. The zero-order valence-corrected chi connectivity index (χ0v) is 40.1. The molecule has 2 aromatic carbocycles. The fourth-order valence-electron chi connectivity index (χ4n) is 9.09. The van der Waals surface area contributed by atoms with E-state index in [-0.39, 0.29) is 0 Å². The van der Waals surface area contributed by atoms with Crippen LogP contribution in [0.5, 0.6) is 0 Å². The first-order valence-electron chi connectivity index (χ1n) is 23.5. The van der Waals surface area contributed by atoms with Crippen LogP contribution in [0.2, 0.25) is 0 Å². The van der Waals surface area contributed by atoms with Gasteiger partial charge in [0.1, 0.15) is 0 Å². The minimum Gasteiger partial charge on any atom is -0.341 e. The van der Waals surface area contributed by atoms with Crippen LogP contribution in [0.25, 0.3) is 61.5 Å². The lowest BCUT2D eigenvalue weighted by molar-refractivity contribution is 0.667. The van der Waals surface area contributed by atoms with Crippen LogP contribution in [0.3, 0.4) is 0 Å². The van der Waals surface area contributed by atoms with Crippen molar-refractivity contribution in [2.45, 2.75) is 170 Å². The van der Waals surface area contributed by atoms with E-state index in [1.807, 2.05) is 11.3 Å². The summed E-state index contributed by atoms with van der Waals surface area (Å²) in [6.45, 7) is 12.6. The molecule has 0 saturated carbocycles. The number of thiophene rings is 4. The number of aromatic nitrogens is 1. The number of nitrogens with zero attached hydrogens (tertiary/aromatic N) is 1. The maximum absolute atomic E-state index is 2.64. The highest BCUT2D eigenvalue weighted by molar-refractivity contribution is 7.29. The average Bonchev–Trinajstić information content (AvgIpc) is 4.10. The molecule has 5 heteroatoms. The fraction of sp³-hybridized carbons (Fsp3) is 0.481. The van der Waals surface area contributed by atoms with E-state index in [0.29, 0.717) is 0 Å². The van der Waals surface area contributed by atoms with Crippen molar-refractivity contribution >= 4 is 67.2 Å². The van der Waals surface area contributed by atoms with Crippen molar-refractivity contribution in [2.24, 2.45) is 0 Å². The predicted octanol–water partition coefficient (Wildman–Crippen LogP) is 19.2. The molecule has 7 rings (SSSR count). The second-order valence-electron chi connectivity index (χ2n) is 16.9. The average molecular weight is 860 g/mol. The van der Waals surface area contributed by atoms with Crippen molar-refractivity contribution in [1.82, 2.24) is 4.57 Å². The standard InChI is InChI=1S/C54H69NS4/c1-6-11-15-19-25-39-33-34-56-52(39)48-37-41(27-21-17-13-8-3)54(58-48)50-38-42(28-22-18-14-9-4)53(59-50)49-36-40(26-20-16-12-7-2)51(57-49)43-31-32-47-45(35-43)44-29-23-24-30-46(44)55(47)10-5/h23-24,29-38H,6-22,25-28H2,1-5H3. The van der Waals surface area contributed by atoms with Gasteiger partial charge in [0, 0.05) is 62.5 Å². The lowest BCUT2D eigenvalue weighted by atomic mass is 10.0. The highest BCUT2D eigenvalue weighted by atomic mass is 32.1. The number of benzene rings is 2.